The van der Waals surface area contributed by atoms with E-state index in [1.165, 1.54) is 5.56 Å². The first kappa shape index (κ1) is 16.3. The Morgan fingerprint density at radius 3 is 3.04 bits per heavy atom. The molecule has 0 saturated carbocycles. The molecule has 2 atom stereocenters. The van der Waals surface area contributed by atoms with E-state index in [1.54, 1.807) is 0 Å². The van der Waals surface area contributed by atoms with Crippen molar-refractivity contribution < 1.29 is 9.84 Å². The second kappa shape index (κ2) is 7.32. The van der Waals surface area contributed by atoms with Crippen LogP contribution in [-0.2, 0) is 16.8 Å². The maximum atomic E-state index is 11.0. The van der Waals surface area contributed by atoms with E-state index in [-0.39, 0.29) is 6.10 Å². The quantitative estimate of drug-likeness (QED) is 0.569. The fourth-order valence-corrected chi connectivity index (χ4v) is 3.40. The highest BCUT2D eigenvalue weighted by molar-refractivity contribution is 5.79. The Balaban J connectivity index is 1.63. The van der Waals surface area contributed by atoms with Crippen LogP contribution in [-0.4, -0.2) is 43.4 Å². The number of guanidine groups is 1. The van der Waals surface area contributed by atoms with Crippen LogP contribution in [0.15, 0.2) is 29.3 Å². The summed E-state index contributed by atoms with van der Waals surface area (Å²) >= 11 is 0. The lowest BCUT2D eigenvalue weighted by Crippen LogP contribution is -2.42. The number of nitrogens with one attached hydrogen (secondary N) is 2. The van der Waals surface area contributed by atoms with E-state index in [2.05, 4.69) is 21.7 Å². The highest BCUT2D eigenvalue weighted by atomic mass is 16.5. The zero-order valence-corrected chi connectivity index (χ0v) is 13.8. The van der Waals surface area contributed by atoms with Gasteiger partial charge in [0.1, 0.15) is 5.60 Å². The average molecular weight is 317 g/mol. The van der Waals surface area contributed by atoms with Crippen molar-refractivity contribution in [3.63, 3.8) is 0 Å². The van der Waals surface area contributed by atoms with Crippen LogP contribution in [0.3, 0.4) is 0 Å². The van der Waals surface area contributed by atoms with E-state index in [1.807, 2.05) is 25.1 Å². The van der Waals surface area contributed by atoms with Crippen molar-refractivity contribution in [3.05, 3.63) is 35.4 Å². The highest BCUT2D eigenvalue weighted by Gasteiger charge is 2.36. The highest BCUT2D eigenvalue weighted by Crippen LogP contribution is 2.36. The molecule has 5 nitrogen and oxygen atoms in total. The van der Waals surface area contributed by atoms with E-state index in [4.69, 9.17) is 4.74 Å². The zero-order chi connectivity index (χ0) is 16.1. The summed E-state index contributed by atoms with van der Waals surface area (Å²) in [6, 6.07) is 8.13. The molecule has 0 aromatic heterocycles. The van der Waals surface area contributed by atoms with Gasteiger partial charge in [-0.15, -0.1) is 0 Å². The van der Waals surface area contributed by atoms with Crippen molar-refractivity contribution in [3.8, 4) is 0 Å². The lowest BCUT2D eigenvalue weighted by Gasteiger charge is -2.23. The second-order valence-electron chi connectivity index (χ2n) is 6.40. The number of hydrogen-bond acceptors (Lipinski definition) is 3. The smallest absolute Gasteiger partial charge is 0.191 e. The number of nitrogens with zero attached hydrogens (tertiary/aromatic N) is 1. The molecule has 1 aromatic carbocycles. The fraction of sp³-hybridized carbons (Fsp3) is 0.611. The molecule has 0 bridgehead atoms. The summed E-state index contributed by atoms with van der Waals surface area (Å²) < 4.78 is 5.63. The summed E-state index contributed by atoms with van der Waals surface area (Å²) in [5, 5.41) is 17.5. The van der Waals surface area contributed by atoms with Gasteiger partial charge in [-0.1, -0.05) is 24.3 Å². The van der Waals surface area contributed by atoms with E-state index in [0.29, 0.717) is 6.54 Å². The molecule has 0 spiro atoms. The van der Waals surface area contributed by atoms with Crippen molar-refractivity contribution in [1.29, 1.82) is 0 Å². The van der Waals surface area contributed by atoms with Crippen LogP contribution in [0.25, 0.3) is 0 Å². The van der Waals surface area contributed by atoms with Crippen molar-refractivity contribution >= 4 is 5.96 Å². The standard InChI is InChI=1S/C18H27N3O2/c1-2-19-17(20-12-15-7-5-11-23-15)21-13-18(22)10-9-14-6-3-4-8-16(14)18/h3-4,6,8,15,22H,2,5,7,9-13H2,1H3,(H2,19,20,21). The van der Waals surface area contributed by atoms with Crippen molar-refractivity contribution in [1.82, 2.24) is 10.6 Å². The Morgan fingerprint density at radius 1 is 1.39 bits per heavy atom. The first-order valence-electron chi connectivity index (χ1n) is 8.66. The Bertz CT molecular complexity index is 555. The lowest BCUT2D eigenvalue weighted by atomic mass is 9.96. The predicted molar refractivity (Wildman–Crippen MR) is 91.6 cm³/mol. The van der Waals surface area contributed by atoms with Crippen molar-refractivity contribution in [2.75, 3.05) is 26.2 Å². The summed E-state index contributed by atoms with van der Waals surface area (Å²) in [6.07, 6.45) is 4.16. The van der Waals surface area contributed by atoms with Gasteiger partial charge in [0.25, 0.3) is 0 Å². The summed E-state index contributed by atoms with van der Waals surface area (Å²) in [4.78, 5) is 4.62. The number of fused-ring (bicyclic) bond motifs is 1. The molecule has 1 aliphatic carbocycles. The Kier molecular flexibility index (Phi) is 5.18. The number of hydrogen-bond donors (Lipinski definition) is 3. The van der Waals surface area contributed by atoms with Gasteiger partial charge in [0.2, 0.25) is 0 Å². The van der Waals surface area contributed by atoms with Gasteiger partial charge in [0.05, 0.1) is 12.6 Å². The molecule has 2 unspecified atom stereocenters. The molecule has 1 heterocycles. The fourth-order valence-electron chi connectivity index (χ4n) is 3.40. The minimum absolute atomic E-state index is 0.272. The monoisotopic (exact) mass is 317 g/mol. The summed E-state index contributed by atoms with van der Waals surface area (Å²) in [5.74, 6) is 0.751. The van der Waals surface area contributed by atoms with Gasteiger partial charge < -0.3 is 20.5 Å². The Labute approximate surface area is 138 Å². The normalized spacial score (nSPS) is 27.0. The van der Waals surface area contributed by atoms with Crippen molar-refractivity contribution in [2.24, 2.45) is 4.99 Å². The van der Waals surface area contributed by atoms with Crippen molar-refractivity contribution in [2.45, 2.75) is 44.3 Å². The van der Waals surface area contributed by atoms with Crippen LogP contribution in [0.2, 0.25) is 0 Å². The van der Waals surface area contributed by atoms with E-state index < -0.39 is 5.60 Å². The molecule has 23 heavy (non-hydrogen) atoms. The molecule has 3 N–H and O–H groups in total. The molecular formula is C18H27N3O2. The molecular weight excluding hydrogens is 290 g/mol. The minimum atomic E-state index is -0.844. The lowest BCUT2D eigenvalue weighted by molar-refractivity contribution is 0.0485. The van der Waals surface area contributed by atoms with Gasteiger partial charge in [0.15, 0.2) is 5.96 Å². The van der Waals surface area contributed by atoms with E-state index >= 15 is 0 Å². The molecule has 3 rings (SSSR count). The number of rotatable bonds is 5. The third kappa shape index (κ3) is 3.85. The topological polar surface area (TPSA) is 65.9 Å². The van der Waals surface area contributed by atoms with Crippen LogP contribution < -0.4 is 10.6 Å². The number of benzene rings is 1. The number of aliphatic imine (C=N–C) groups is 1. The first-order chi connectivity index (χ1) is 11.2. The maximum absolute atomic E-state index is 11.0. The van der Waals surface area contributed by atoms with Gasteiger partial charge >= 0.3 is 0 Å². The molecule has 126 valence electrons. The van der Waals surface area contributed by atoms with Gasteiger partial charge in [-0.25, -0.2) is 4.99 Å². The van der Waals surface area contributed by atoms with E-state index in [0.717, 1.165) is 56.9 Å². The first-order valence-corrected chi connectivity index (χ1v) is 8.66. The molecule has 1 saturated heterocycles. The average Bonchev–Trinajstić information content (AvgIpc) is 3.20. The SMILES string of the molecule is CCNC(=NCC1(O)CCc2ccccc21)NCC1CCCO1. The predicted octanol–water partition coefficient (Wildman–Crippen LogP) is 1.55. The number of aryl methyl sites for hydroxylation is 1. The molecule has 1 aromatic rings. The summed E-state index contributed by atoms with van der Waals surface area (Å²) in [7, 11) is 0. The summed E-state index contributed by atoms with van der Waals surface area (Å²) in [6.45, 7) is 4.84. The molecule has 1 aliphatic heterocycles. The van der Waals surface area contributed by atoms with Crippen LogP contribution in [0.1, 0.15) is 37.3 Å². The Hall–Kier alpha value is -1.59. The zero-order valence-electron chi connectivity index (χ0n) is 13.8. The van der Waals surface area contributed by atoms with Gasteiger partial charge in [0, 0.05) is 19.7 Å². The largest absolute Gasteiger partial charge is 0.383 e. The summed E-state index contributed by atoms with van der Waals surface area (Å²) in [5.41, 5.74) is 1.42. The van der Waals surface area contributed by atoms with Crippen LogP contribution in [0.5, 0.6) is 0 Å². The second-order valence-corrected chi connectivity index (χ2v) is 6.40. The maximum Gasteiger partial charge on any atom is 0.191 e. The van der Waals surface area contributed by atoms with Gasteiger partial charge in [-0.3, -0.25) is 0 Å². The number of aliphatic hydroxyl groups is 1. The van der Waals surface area contributed by atoms with Crippen LogP contribution in [0, 0.1) is 0 Å². The number of ether oxygens (including phenoxy) is 1. The molecule has 1 fully saturated rings. The third-order valence-electron chi connectivity index (χ3n) is 4.69. The minimum Gasteiger partial charge on any atom is -0.383 e. The molecule has 0 amide bonds. The van der Waals surface area contributed by atoms with Gasteiger partial charge in [-0.2, -0.15) is 0 Å². The van der Waals surface area contributed by atoms with Crippen LogP contribution >= 0.6 is 0 Å². The Morgan fingerprint density at radius 2 is 2.26 bits per heavy atom. The van der Waals surface area contributed by atoms with Crippen LogP contribution in [0.4, 0.5) is 0 Å². The third-order valence-corrected chi connectivity index (χ3v) is 4.69. The van der Waals surface area contributed by atoms with E-state index in [9.17, 15) is 5.11 Å². The molecule has 2 aliphatic rings. The van der Waals surface area contributed by atoms with Gasteiger partial charge in [-0.05, 0) is 43.7 Å². The molecule has 0 radical (unpaired) electrons. The molecule has 5 heteroatoms.